The predicted octanol–water partition coefficient (Wildman–Crippen LogP) is 6.18. The van der Waals surface area contributed by atoms with Crippen LogP contribution in [0.15, 0.2) is 54.7 Å². The van der Waals surface area contributed by atoms with E-state index in [0.29, 0.717) is 17.4 Å². The average molecular weight is 462 g/mol. The molecule has 1 saturated carbocycles. The molecule has 176 valence electrons. The van der Waals surface area contributed by atoms with Gasteiger partial charge in [-0.3, -0.25) is 4.79 Å². The van der Waals surface area contributed by atoms with Crippen molar-refractivity contribution < 1.29 is 23.8 Å². The second-order valence-corrected chi connectivity index (χ2v) is 9.33. The van der Waals surface area contributed by atoms with Crippen molar-refractivity contribution in [1.29, 1.82) is 0 Å². The van der Waals surface area contributed by atoms with Gasteiger partial charge in [0.2, 0.25) is 5.88 Å². The third kappa shape index (κ3) is 4.37. The lowest BCUT2D eigenvalue weighted by Crippen LogP contribution is -2.20. The smallest absolute Gasteiger partial charge is 0.306 e. The molecule has 0 unspecified atom stereocenters. The minimum atomic E-state index is -0.757. The van der Waals surface area contributed by atoms with Crippen molar-refractivity contribution in [3.63, 3.8) is 0 Å². The van der Waals surface area contributed by atoms with E-state index in [9.17, 15) is 14.3 Å². The monoisotopic (exact) mass is 461 g/mol. The predicted molar refractivity (Wildman–Crippen MR) is 127 cm³/mol. The molecule has 2 aliphatic rings. The van der Waals surface area contributed by atoms with Crippen LogP contribution < -0.4 is 9.47 Å². The molecule has 3 atom stereocenters. The number of carbonyl (C=O) groups is 1. The Bertz CT molecular complexity index is 1220. The van der Waals surface area contributed by atoms with Crippen molar-refractivity contribution in [3.05, 3.63) is 77.2 Å². The molecule has 1 heterocycles. The summed E-state index contributed by atoms with van der Waals surface area (Å²) in [7, 11) is 1.51. The zero-order valence-electron chi connectivity index (χ0n) is 19.3. The Morgan fingerprint density at radius 1 is 1.15 bits per heavy atom. The van der Waals surface area contributed by atoms with Crippen LogP contribution in [0.2, 0.25) is 0 Å². The zero-order chi connectivity index (χ0) is 23.8. The van der Waals surface area contributed by atoms with Crippen LogP contribution >= 0.6 is 0 Å². The van der Waals surface area contributed by atoms with Gasteiger partial charge in [-0.25, -0.2) is 9.37 Å². The lowest BCUT2D eigenvalue weighted by Gasteiger charge is -2.22. The second kappa shape index (κ2) is 9.09. The lowest BCUT2D eigenvalue weighted by molar-refractivity contribution is -0.142. The topological polar surface area (TPSA) is 68.7 Å². The Morgan fingerprint density at radius 3 is 2.71 bits per heavy atom. The summed E-state index contributed by atoms with van der Waals surface area (Å²) in [5.41, 5.74) is 4.53. The van der Waals surface area contributed by atoms with Gasteiger partial charge in [-0.05, 0) is 71.9 Å². The number of benzene rings is 2. The van der Waals surface area contributed by atoms with E-state index in [1.807, 2.05) is 42.5 Å². The van der Waals surface area contributed by atoms with Gasteiger partial charge in [0.05, 0.1) is 19.2 Å². The van der Waals surface area contributed by atoms with Crippen molar-refractivity contribution in [2.45, 2.75) is 44.6 Å². The molecule has 0 bridgehead atoms. The van der Waals surface area contributed by atoms with E-state index in [1.54, 1.807) is 13.0 Å². The van der Waals surface area contributed by atoms with Crippen molar-refractivity contribution in [3.8, 4) is 22.8 Å². The number of aromatic nitrogens is 1. The second-order valence-electron chi connectivity index (χ2n) is 9.33. The summed E-state index contributed by atoms with van der Waals surface area (Å²) in [6.45, 7) is 1.80. The molecule has 3 aromatic rings. The molecule has 6 heteroatoms. The van der Waals surface area contributed by atoms with Gasteiger partial charge in [-0.2, -0.15) is 0 Å². The number of pyridine rings is 1. The van der Waals surface area contributed by atoms with Crippen molar-refractivity contribution in [1.82, 2.24) is 4.98 Å². The number of rotatable bonds is 8. The first-order valence-corrected chi connectivity index (χ1v) is 11.8. The Kier molecular flexibility index (Phi) is 5.98. The molecule has 34 heavy (non-hydrogen) atoms. The fraction of sp³-hybridized carbons (Fsp3) is 0.357. The van der Waals surface area contributed by atoms with Crippen LogP contribution in [-0.2, 0) is 11.2 Å². The van der Waals surface area contributed by atoms with Crippen LogP contribution in [0, 0.1) is 17.7 Å². The first kappa shape index (κ1) is 22.4. The Balaban J connectivity index is 1.37. The third-order valence-electron chi connectivity index (χ3n) is 7.10. The number of hydrogen-bond donors (Lipinski definition) is 1. The van der Waals surface area contributed by atoms with Crippen molar-refractivity contribution >= 4 is 5.97 Å². The standard InChI is InChI=1S/C28H28FNO4/c1-16(28(31)32)27(17-6-7-17)20-4-3-5-21(13-20)34-25-11-9-18-12-19(8-10-22(18)25)23-14-26(33-2)30-15-24(23)29/h3-5,8,10,12-17,25,27H,6-7,9,11H2,1-2H3,(H,31,32)/t16-,25+,27-/m0/s1. The maximum absolute atomic E-state index is 14.4. The number of nitrogens with zero attached hydrogens (tertiary/aromatic N) is 1. The number of aliphatic carboxylic acids is 1. The zero-order valence-corrected chi connectivity index (χ0v) is 19.3. The summed E-state index contributed by atoms with van der Waals surface area (Å²) in [5, 5.41) is 9.58. The number of methoxy groups -OCH3 is 1. The van der Waals surface area contributed by atoms with Crippen LogP contribution in [-0.4, -0.2) is 23.2 Å². The fourth-order valence-corrected chi connectivity index (χ4v) is 5.16. The molecular formula is C28H28FNO4. The molecule has 0 amide bonds. The highest BCUT2D eigenvalue weighted by molar-refractivity contribution is 5.71. The number of aryl methyl sites for hydroxylation is 1. The highest BCUT2D eigenvalue weighted by Crippen LogP contribution is 2.47. The number of ether oxygens (including phenoxy) is 2. The van der Waals surface area contributed by atoms with E-state index >= 15 is 0 Å². The minimum absolute atomic E-state index is 0.00622. The fourth-order valence-electron chi connectivity index (χ4n) is 5.16. The molecule has 5 nitrogen and oxygen atoms in total. The molecule has 0 saturated heterocycles. The summed E-state index contributed by atoms with van der Waals surface area (Å²) in [5.74, 6) is -0.00468. The maximum Gasteiger partial charge on any atom is 0.306 e. The number of carboxylic acid groups (broad SMARTS) is 1. The van der Waals surface area contributed by atoms with E-state index < -0.39 is 11.9 Å². The first-order valence-electron chi connectivity index (χ1n) is 11.8. The molecule has 0 spiro atoms. The van der Waals surface area contributed by atoms with Crippen LogP contribution in [0.3, 0.4) is 0 Å². The van der Waals surface area contributed by atoms with E-state index in [4.69, 9.17) is 9.47 Å². The van der Waals surface area contributed by atoms with Gasteiger partial charge in [0.1, 0.15) is 17.7 Å². The molecule has 1 fully saturated rings. The van der Waals surface area contributed by atoms with Gasteiger partial charge in [-0.15, -0.1) is 0 Å². The highest BCUT2D eigenvalue weighted by atomic mass is 19.1. The molecule has 5 rings (SSSR count). The highest BCUT2D eigenvalue weighted by Gasteiger charge is 2.38. The van der Waals surface area contributed by atoms with Crippen LogP contribution in [0.4, 0.5) is 4.39 Å². The summed E-state index contributed by atoms with van der Waals surface area (Å²) in [6, 6.07) is 15.5. The Hall–Kier alpha value is -3.41. The van der Waals surface area contributed by atoms with Crippen LogP contribution in [0.5, 0.6) is 11.6 Å². The van der Waals surface area contributed by atoms with Gasteiger partial charge in [0, 0.05) is 11.6 Å². The molecule has 0 aliphatic heterocycles. The van der Waals surface area contributed by atoms with Crippen molar-refractivity contribution in [2.24, 2.45) is 11.8 Å². The van der Waals surface area contributed by atoms with E-state index in [0.717, 1.165) is 53.7 Å². The van der Waals surface area contributed by atoms with E-state index in [1.165, 1.54) is 13.3 Å². The summed E-state index contributed by atoms with van der Waals surface area (Å²) in [4.78, 5) is 15.6. The molecule has 2 aliphatic carbocycles. The van der Waals surface area contributed by atoms with Gasteiger partial charge < -0.3 is 14.6 Å². The van der Waals surface area contributed by atoms with E-state index in [2.05, 4.69) is 4.98 Å². The number of carboxylic acids is 1. The average Bonchev–Trinajstić information content (AvgIpc) is 3.60. The molecule has 1 N–H and O–H groups in total. The minimum Gasteiger partial charge on any atom is -0.486 e. The number of halogens is 1. The van der Waals surface area contributed by atoms with Crippen LogP contribution in [0.25, 0.3) is 11.1 Å². The third-order valence-corrected chi connectivity index (χ3v) is 7.10. The largest absolute Gasteiger partial charge is 0.486 e. The van der Waals surface area contributed by atoms with Gasteiger partial charge >= 0.3 is 5.97 Å². The number of fused-ring (bicyclic) bond motifs is 1. The molecule has 0 radical (unpaired) electrons. The summed E-state index contributed by atoms with van der Waals surface area (Å²) in [6.07, 6.45) is 4.93. The quantitative estimate of drug-likeness (QED) is 0.434. The van der Waals surface area contributed by atoms with Crippen LogP contribution in [0.1, 0.15) is 54.9 Å². The molecular weight excluding hydrogens is 433 g/mol. The first-order chi connectivity index (χ1) is 16.4. The van der Waals surface area contributed by atoms with Gasteiger partial charge in [0.25, 0.3) is 0 Å². The number of hydrogen-bond acceptors (Lipinski definition) is 4. The Morgan fingerprint density at radius 2 is 1.97 bits per heavy atom. The molecule has 2 aromatic carbocycles. The van der Waals surface area contributed by atoms with E-state index in [-0.39, 0.29) is 17.8 Å². The SMILES string of the molecule is COc1cc(-c2ccc3c(c2)CC[C@H]3Oc2cccc([C@H](C3CC3)[C@H](C)C(=O)O)c2)c(F)cn1. The van der Waals surface area contributed by atoms with Gasteiger partial charge in [-0.1, -0.05) is 37.3 Å². The van der Waals surface area contributed by atoms with Gasteiger partial charge in [0.15, 0.2) is 0 Å². The summed E-state index contributed by atoms with van der Waals surface area (Å²) >= 11 is 0. The maximum atomic E-state index is 14.4. The summed E-state index contributed by atoms with van der Waals surface area (Å²) < 4.78 is 25.9. The lowest BCUT2D eigenvalue weighted by atomic mass is 9.83. The molecule has 1 aromatic heterocycles. The normalized spacial score (nSPS) is 18.7. The van der Waals surface area contributed by atoms with Crippen molar-refractivity contribution in [2.75, 3.05) is 7.11 Å². The Labute approximate surface area is 198 Å².